The highest BCUT2D eigenvalue weighted by molar-refractivity contribution is 5.80. The Hall–Kier alpha value is -2.91. The number of halogens is 3. The number of benzene rings is 2. The summed E-state index contributed by atoms with van der Waals surface area (Å²) in [4.78, 5) is 26.3. The molecule has 2 saturated heterocycles. The normalized spacial score (nSPS) is 21.9. The Kier molecular flexibility index (Phi) is 8.56. The molecule has 9 heteroatoms. The highest BCUT2D eigenvalue weighted by Gasteiger charge is 2.46. The van der Waals surface area contributed by atoms with E-state index in [1.54, 1.807) is 0 Å². The first-order valence-corrected chi connectivity index (χ1v) is 11.5. The van der Waals surface area contributed by atoms with Gasteiger partial charge in [0.05, 0.1) is 19.3 Å². The Labute approximate surface area is 203 Å². The van der Waals surface area contributed by atoms with Crippen LogP contribution in [0.4, 0.5) is 13.2 Å². The Bertz CT molecular complexity index is 1020. The summed E-state index contributed by atoms with van der Waals surface area (Å²) in [6, 6.07) is 19.1. The van der Waals surface area contributed by atoms with Crippen LogP contribution < -0.4 is 0 Å². The van der Waals surface area contributed by atoms with Gasteiger partial charge in [-0.05, 0) is 25.0 Å². The van der Waals surface area contributed by atoms with Crippen molar-refractivity contribution in [2.45, 2.75) is 39.0 Å². The molecule has 190 valence electrons. The second-order valence-corrected chi connectivity index (χ2v) is 9.34. The van der Waals surface area contributed by atoms with Gasteiger partial charge in [-0.15, -0.1) is 0 Å². The van der Waals surface area contributed by atoms with Crippen molar-refractivity contribution in [3.05, 3.63) is 71.3 Å². The molecule has 1 amide bonds. The van der Waals surface area contributed by atoms with Gasteiger partial charge in [0.25, 0.3) is 0 Å². The molecule has 4 rings (SSSR count). The molecule has 2 aliphatic rings. The van der Waals surface area contributed by atoms with E-state index in [0.717, 1.165) is 32.8 Å². The number of aryl methyl sites for hydroxylation is 1. The molecule has 35 heavy (non-hydrogen) atoms. The highest BCUT2D eigenvalue weighted by Crippen LogP contribution is 2.38. The summed E-state index contributed by atoms with van der Waals surface area (Å²) in [5, 5.41) is 7.12. The number of alkyl halides is 3. The first-order valence-electron chi connectivity index (χ1n) is 11.5. The van der Waals surface area contributed by atoms with Crippen molar-refractivity contribution in [1.82, 2.24) is 9.80 Å². The predicted molar refractivity (Wildman–Crippen MR) is 125 cm³/mol. The minimum absolute atomic E-state index is 0.0987. The van der Waals surface area contributed by atoms with Gasteiger partial charge in [0.1, 0.15) is 0 Å². The van der Waals surface area contributed by atoms with E-state index in [0.29, 0.717) is 13.0 Å². The van der Waals surface area contributed by atoms with Crippen LogP contribution in [-0.2, 0) is 20.9 Å². The Morgan fingerprint density at radius 1 is 1.14 bits per heavy atom. The topological polar surface area (TPSA) is 70.1 Å². The zero-order chi connectivity index (χ0) is 25.6. The van der Waals surface area contributed by atoms with Gasteiger partial charge in [-0.1, -0.05) is 60.2 Å². The van der Waals surface area contributed by atoms with Crippen LogP contribution in [0, 0.1) is 12.3 Å². The molecule has 2 heterocycles. The fourth-order valence-corrected chi connectivity index (χ4v) is 4.68. The number of hydrogen-bond donors (Lipinski definition) is 1. The number of carbonyl (C=O) groups is 2. The number of carboxylic acids is 1. The average Bonchev–Trinajstić information content (AvgIpc) is 2.99. The number of hydrogen-bond acceptors (Lipinski definition) is 4. The number of carbonyl (C=O) groups excluding carboxylic acids is 1. The van der Waals surface area contributed by atoms with E-state index in [1.165, 1.54) is 16.7 Å². The second-order valence-electron chi connectivity index (χ2n) is 9.34. The molecule has 2 aromatic carbocycles. The average molecular weight is 493 g/mol. The van der Waals surface area contributed by atoms with Crippen molar-refractivity contribution >= 4 is 11.9 Å². The van der Waals surface area contributed by atoms with Crippen LogP contribution >= 0.6 is 0 Å². The Balaban J connectivity index is 0.000000429. The molecule has 0 aliphatic carbocycles. The minimum atomic E-state index is -5.08. The molecule has 0 bridgehead atoms. The van der Waals surface area contributed by atoms with Crippen LogP contribution in [0.1, 0.15) is 36.1 Å². The predicted octanol–water partition coefficient (Wildman–Crippen LogP) is 4.44. The van der Waals surface area contributed by atoms with Crippen LogP contribution in [0.5, 0.6) is 0 Å². The van der Waals surface area contributed by atoms with Gasteiger partial charge in [-0.2, -0.15) is 13.2 Å². The number of likely N-dealkylation sites (tertiary alicyclic amines) is 1. The summed E-state index contributed by atoms with van der Waals surface area (Å²) >= 11 is 0. The number of rotatable bonds is 4. The highest BCUT2D eigenvalue weighted by atomic mass is 19.4. The summed E-state index contributed by atoms with van der Waals surface area (Å²) in [6.07, 6.45) is -4.51. The number of nitrogens with zero attached hydrogens (tertiary/aromatic N) is 2. The number of aliphatic carboxylic acids is 1. The molecule has 0 saturated carbocycles. The van der Waals surface area contributed by atoms with Crippen LogP contribution in [0.25, 0.3) is 0 Å². The molecule has 1 N–H and O–H groups in total. The smallest absolute Gasteiger partial charge is 0.475 e. The minimum Gasteiger partial charge on any atom is -0.475 e. The SMILES string of the molecule is Cc1cccc(CN2CCOCC3(CC(=O)N(C(C)c4ccccc4)C3)C2)c1.O=C(O)C(F)(F)F. The summed E-state index contributed by atoms with van der Waals surface area (Å²) in [5.41, 5.74) is 3.70. The van der Waals surface area contributed by atoms with Gasteiger partial charge < -0.3 is 14.7 Å². The van der Waals surface area contributed by atoms with Gasteiger partial charge in [0.15, 0.2) is 0 Å². The van der Waals surface area contributed by atoms with E-state index in [4.69, 9.17) is 14.6 Å². The fraction of sp³-hybridized carbons (Fsp3) is 0.462. The molecule has 2 fully saturated rings. The molecule has 0 aromatic heterocycles. The van der Waals surface area contributed by atoms with E-state index in [2.05, 4.69) is 60.0 Å². The largest absolute Gasteiger partial charge is 0.490 e. The summed E-state index contributed by atoms with van der Waals surface area (Å²) in [5.74, 6) is -2.51. The first kappa shape index (κ1) is 26.7. The van der Waals surface area contributed by atoms with Crippen molar-refractivity contribution in [2.24, 2.45) is 5.41 Å². The summed E-state index contributed by atoms with van der Waals surface area (Å²) in [7, 11) is 0. The lowest BCUT2D eigenvalue weighted by Crippen LogP contribution is -2.40. The van der Waals surface area contributed by atoms with Crippen molar-refractivity contribution in [1.29, 1.82) is 0 Å². The third-order valence-electron chi connectivity index (χ3n) is 6.35. The Morgan fingerprint density at radius 3 is 2.46 bits per heavy atom. The van der Waals surface area contributed by atoms with Gasteiger partial charge >= 0.3 is 12.1 Å². The third-order valence-corrected chi connectivity index (χ3v) is 6.35. The van der Waals surface area contributed by atoms with Crippen LogP contribution in [0.2, 0.25) is 0 Å². The Morgan fingerprint density at radius 2 is 1.83 bits per heavy atom. The third kappa shape index (κ3) is 7.29. The maximum absolute atomic E-state index is 12.9. The maximum atomic E-state index is 12.9. The van der Waals surface area contributed by atoms with Crippen LogP contribution in [-0.4, -0.2) is 65.8 Å². The van der Waals surface area contributed by atoms with E-state index >= 15 is 0 Å². The second kappa shape index (κ2) is 11.2. The lowest BCUT2D eigenvalue weighted by atomic mass is 9.87. The zero-order valence-corrected chi connectivity index (χ0v) is 19.9. The number of ether oxygens (including phenoxy) is 1. The first-order chi connectivity index (χ1) is 16.5. The van der Waals surface area contributed by atoms with E-state index in [1.807, 2.05) is 18.2 Å². The molecule has 2 aromatic rings. The standard InChI is InChI=1S/C24H30N2O2.C2HF3O2/c1-19-7-6-8-21(13-19)15-25-11-12-28-18-24(16-25)14-23(27)26(17-24)20(2)22-9-4-3-5-10-22;3-2(4,5)1(6)7/h3-10,13,20H,11-12,14-18H2,1-2H3;(H,6,7). The molecule has 1 spiro atoms. The van der Waals surface area contributed by atoms with Crippen molar-refractivity contribution in [3.8, 4) is 0 Å². The maximum Gasteiger partial charge on any atom is 0.490 e. The quantitative estimate of drug-likeness (QED) is 0.684. The molecule has 2 unspecified atom stereocenters. The number of amides is 1. The molecule has 0 radical (unpaired) electrons. The van der Waals surface area contributed by atoms with Gasteiger partial charge in [0, 0.05) is 38.0 Å². The zero-order valence-electron chi connectivity index (χ0n) is 19.9. The molecular formula is C26H31F3N2O4. The fourth-order valence-electron chi connectivity index (χ4n) is 4.68. The lowest BCUT2D eigenvalue weighted by Gasteiger charge is -2.33. The van der Waals surface area contributed by atoms with E-state index < -0.39 is 12.1 Å². The van der Waals surface area contributed by atoms with Crippen molar-refractivity contribution < 1.29 is 32.6 Å². The van der Waals surface area contributed by atoms with Crippen LogP contribution in [0.15, 0.2) is 54.6 Å². The molecule has 6 nitrogen and oxygen atoms in total. The van der Waals surface area contributed by atoms with Crippen molar-refractivity contribution in [3.63, 3.8) is 0 Å². The van der Waals surface area contributed by atoms with E-state index in [-0.39, 0.29) is 17.4 Å². The summed E-state index contributed by atoms with van der Waals surface area (Å²) in [6.45, 7) is 9.17. The van der Waals surface area contributed by atoms with Gasteiger partial charge in [-0.25, -0.2) is 4.79 Å². The van der Waals surface area contributed by atoms with Crippen molar-refractivity contribution in [2.75, 3.05) is 32.8 Å². The van der Waals surface area contributed by atoms with E-state index in [9.17, 15) is 18.0 Å². The molecular weight excluding hydrogens is 461 g/mol. The van der Waals surface area contributed by atoms with Crippen LogP contribution in [0.3, 0.4) is 0 Å². The lowest BCUT2D eigenvalue weighted by molar-refractivity contribution is -0.192. The van der Waals surface area contributed by atoms with Gasteiger partial charge in [-0.3, -0.25) is 9.69 Å². The van der Waals surface area contributed by atoms with Gasteiger partial charge in [0.2, 0.25) is 5.91 Å². The monoisotopic (exact) mass is 492 g/mol. The molecule has 2 atom stereocenters. The molecule has 2 aliphatic heterocycles. The summed E-state index contributed by atoms with van der Waals surface area (Å²) < 4.78 is 37.7. The number of carboxylic acid groups (broad SMARTS) is 1.